The fourth-order valence-electron chi connectivity index (χ4n) is 2.13. The summed E-state index contributed by atoms with van der Waals surface area (Å²) in [5, 5.41) is 12.3. The summed E-state index contributed by atoms with van der Waals surface area (Å²) in [5.74, 6) is -0.771. The molecule has 1 heterocycles. The number of carbonyl (C=O) groups excluding carboxylic acids is 1. The van der Waals surface area contributed by atoms with Gasteiger partial charge in [-0.05, 0) is 37.5 Å². The molecule has 0 unspecified atom stereocenters. The molecule has 0 aliphatic carbocycles. The van der Waals surface area contributed by atoms with Gasteiger partial charge in [-0.3, -0.25) is 4.79 Å². The lowest BCUT2D eigenvalue weighted by Gasteiger charge is -2.36. The van der Waals surface area contributed by atoms with Crippen LogP contribution < -0.4 is 5.32 Å². The summed E-state index contributed by atoms with van der Waals surface area (Å²) in [4.78, 5) is 12.1. The summed E-state index contributed by atoms with van der Waals surface area (Å²) in [6, 6.07) is 4.37. The van der Waals surface area contributed by atoms with Crippen molar-refractivity contribution in [3.05, 3.63) is 35.1 Å². The van der Waals surface area contributed by atoms with Crippen molar-refractivity contribution < 1.29 is 19.0 Å². The zero-order valence-electron chi connectivity index (χ0n) is 10.9. The molecule has 1 saturated heterocycles. The first-order chi connectivity index (χ1) is 9.06. The quantitative estimate of drug-likeness (QED) is 0.870. The summed E-state index contributed by atoms with van der Waals surface area (Å²) in [6.07, 6.45) is 1.12. The van der Waals surface area contributed by atoms with Gasteiger partial charge in [-0.1, -0.05) is 6.07 Å². The summed E-state index contributed by atoms with van der Waals surface area (Å²) in [5.41, 5.74) is 0.110. The third-order valence-electron chi connectivity index (χ3n) is 3.57. The van der Waals surface area contributed by atoms with Crippen LogP contribution in [0.2, 0.25) is 0 Å². The van der Waals surface area contributed by atoms with E-state index in [0.717, 1.165) is 0 Å². The lowest BCUT2D eigenvalue weighted by Crippen LogP contribution is -2.54. The highest BCUT2D eigenvalue weighted by atomic mass is 19.1. The molecule has 19 heavy (non-hydrogen) atoms. The Morgan fingerprint density at radius 2 is 2.16 bits per heavy atom. The van der Waals surface area contributed by atoms with Crippen molar-refractivity contribution in [2.24, 2.45) is 0 Å². The minimum absolute atomic E-state index is 0.142. The highest BCUT2D eigenvalue weighted by Crippen LogP contribution is 2.21. The summed E-state index contributed by atoms with van der Waals surface area (Å²) in [6.45, 7) is 2.51. The molecule has 0 saturated carbocycles. The van der Waals surface area contributed by atoms with E-state index in [-0.39, 0.29) is 18.1 Å². The number of carbonyl (C=O) groups is 1. The molecule has 1 aromatic carbocycles. The Labute approximate surface area is 111 Å². The highest BCUT2D eigenvalue weighted by molar-refractivity contribution is 5.94. The van der Waals surface area contributed by atoms with Gasteiger partial charge in [-0.2, -0.15) is 0 Å². The lowest BCUT2D eigenvalue weighted by atomic mass is 9.90. The molecule has 1 aliphatic heterocycles. The third-order valence-corrected chi connectivity index (χ3v) is 3.57. The minimum atomic E-state index is -0.656. The Morgan fingerprint density at radius 3 is 2.74 bits per heavy atom. The number of rotatable bonds is 3. The van der Waals surface area contributed by atoms with Crippen LogP contribution in [0.4, 0.5) is 4.39 Å². The number of aliphatic hydroxyl groups is 1. The third kappa shape index (κ3) is 3.11. The molecule has 0 spiro atoms. The standard InChI is InChI=1S/C14H18FNO3/c1-10-2-3-11(8-12(10)15)13(18)16-14(9-17)4-6-19-7-5-14/h2-3,8,17H,4-7,9H2,1H3,(H,16,18). The van der Waals surface area contributed by atoms with Crippen LogP contribution in [0.15, 0.2) is 18.2 Å². The number of aliphatic hydroxyl groups excluding tert-OH is 1. The number of hydrogen-bond acceptors (Lipinski definition) is 3. The highest BCUT2D eigenvalue weighted by Gasteiger charge is 2.33. The Hall–Kier alpha value is -1.46. The molecule has 0 atom stereocenters. The Bertz CT molecular complexity index is 470. The van der Waals surface area contributed by atoms with Gasteiger partial charge in [0, 0.05) is 18.8 Å². The van der Waals surface area contributed by atoms with E-state index in [0.29, 0.717) is 31.6 Å². The molecule has 2 N–H and O–H groups in total. The van der Waals surface area contributed by atoms with Crippen molar-refractivity contribution >= 4 is 5.91 Å². The topological polar surface area (TPSA) is 58.6 Å². The van der Waals surface area contributed by atoms with Gasteiger partial charge in [0.2, 0.25) is 0 Å². The van der Waals surface area contributed by atoms with Gasteiger partial charge in [0.1, 0.15) is 5.82 Å². The van der Waals surface area contributed by atoms with E-state index in [2.05, 4.69) is 5.32 Å². The average Bonchev–Trinajstić information content (AvgIpc) is 2.43. The molecule has 0 radical (unpaired) electrons. The Balaban J connectivity index is 2.12. The van der Waals surface area contributed by atoms with Gasteiger partial charge >= 0.3 is 0 Å². The van der Waals surface area contributed by atoms with E-state index in [1.165, 1.54) is 6.07 Å². The average molecular weight is 267 g/mol. The van der Waals surface area contributed by atoms with E-state index < -0.39 is 11.4 Å². The number of nitrogens with one attached hydrogen (secondary N) is 1. The molecular weight excluding hydrogens is 249 g/mol. The van der Waals surface area contributed by atoms with Gasteiger partial charge in [0.25, 0.3) is 5.91 Å². The summed E-state index contributed by atoms with van der Waals surface area (Å²) < 4.78 is 18.7. The van der Waals surface area contributed by atoms with Gasteiger partial charge in [0.05, 0.1) is 12.1 Å². The smallest absolute Gasteiger partial charge is 0.251 e. The zero-order chi connectivity index (χ0) is 13.9. The molecular formula is C14H18FNO3. The zero-order valence-corrected chi connectivity index (χ0v) is 10.9. The predicted molar refractivity (Wildman–Crippen MR) is 68.5 cm³/mol. The largest absolute Gasteiger partial charge is 0.394 e. The first-order valence-corrected chi connectivity index (χ1v) is 6.34. The number of benzene rings is 1. The van der Waals surface area contributed by atoms with Gasteiger partial charge < -0.3 is 15.2 Å². The first kappa shape index (κ1) is 14.0. The van der Waals surface area contributed by atoms with Crippen LogP contribution in [-0.4, -0.2) is 36.4 Å². The first-order valence-electron chi connectivity index (χ1n) is 6.34. The monoisotopic (exact) mass is 267 g/mol. The van der Waals surface area contributed by atoms with Crippen LogP contribution in [0.1, 0.15) is 28.8 Å². The fraction of sp³-hybridized carbons (Fsp3) is 0.500. The molecule has 1 aliphatic rings. The maximum atomic E-state index is 13.4. The van der Waals surface area contributed by atoms with Crippen molar-refractivity contribution in [3.63, 3.8) is 0 Å². The fourth-order valence-corrected chi connectivity index (χ4v) is 2.13. The SMILES string of the molecule is Cc1ccc(C(=O)NC2(CO)CCOCC2)cc1F. The van der Waals surface area contributed by atoms with Crippen molar-refractivity contribution in [1.29, 1.82) is 0 Å². The summed E-state index contributed by atoms with van der Waals surface area (Å²) in [7, 11) is 0. The molecule has 0 aromatic heterocycles. The maximum Gasteiger partial charge on any atom is 0.251 e. The van der Waals surface area contributed by atoms with Gasteiger partial charge in [-0.25, -0.2) is 4.39 Å². The second-order valence-electron chi connectivity index (χ2n) is 4.97. The van der Waals surface area contributed by atoms with Gasteiger partial charge in [-0.15, -0.1) is 0 Å². The minimum Gasteiger partial charge on any atom is -0.394 e. The van der Waals surface area contributed by atoms with Crippen LogP contribution in [0.25, 0.3) is 0 Å². The van der Waals surface area contributed by atoms with Crippen molar-refractivity contribution in [2.75, 3.05) is 19.8 Å². The van der Waals surface area contributed by atoms with Crippen molar-refractivity contribution in [2.45, 2.75) is 25.3 Å². The molecule has 5 heteroatoms. The van der Waals surface area contributed by atoms with Crippen LogP contribution in [0.5, 0.6) is 0 Å². The Morgan fingerprint density at radius 1 is 1.47 bits per heavy atom. The molecule has 4 nitrogen and oxygen atoms in total. The molecule has 104 valence electrons. The predicted octanol–water partition coefficient (Wildman–Crippen LogP) is 1.41. The van der Waals surface area contributed by atoms with Crippen molar-refractivity contribution in [3.8, 4) is 0 Å². The molecule has 1 aromatic rings. The van der Waals surface area contributed by atoms with Crippen LogP contribution in [0.3, 0.4) is 0 Å². The second kappa shape index (κ2) is 5.67. The van der Waals surface area contributed by atoms with E-state index in [4.69, 9.17) is 4.74 Å². The lowest BCUT2D eigenvalue weighted by molar-refractivity contribution is 0.0125. The van der Waals surface area contributed by atoms with E-state index in [1.54, 1.807) is 19.1 Å². The second-order valence-corrected chi connectivity index (χ2v) is 4.97. The Kier molecular flexibility index (Phi) is 4.17. The van der Waals surface area contributed by atoms with Gasteiger partial charge in [0.15, 0.2) is 0 Å². The molecule has 1 amide bonds. The normalized spacial score (nSPS) is 18.1. The summed E-state index contributed by atoms with van der Waals surface area (Å²) >= 11 is 0. The van der Waals surface area contributed by atoms with E-state index >= 15 is 0 Å². The van der Waals surface area contributed by atoms with Crippen molar-refractivity contribution in [1.82, 2.24) is 5.32 Å². The maximum absolute atomic E-state index is 13.4. The van der Waals surface area contributed by atoms with Crippen LogP contribution in [0, 0.1) is 12.7 Å². The number of hydrogen-bond donors (Lipinski definition) is 2. The molecule has 0 bridgehead atoms. The number of ether oxygens (including phenoxy) is 1. The molecule has 1 fully saturated rings. The van der Waals surface area contributed by atoms with Crippen LogP contribution >= 0.6 is 0 Å². The molecule has 2 rings (SSSR count). The van der Waals surface area contributed by atoms with E-state index in [9.17, 15) is 14.3 Å². The number of amides is 1. The number of aryl methyl sites for hydroxylation is 1. The van der Waals surface area contributed by atoms with E-state index in [1.807, 2.05) is 0 Å². The van der Waals surface area contributed by atoms with Crippen LogP contribution in [-0.2, 0) is 4.74 Å². The number of halogens is 1.